The van der Waals surface area contributed by atoms with E-state index < -0.39 is 0 Å². The summed E-state index contributed by atoms with van der Waals surface area (Å²) in [5.74, 6) is 0.661. The van der Waals surface area contributed by atoms with Crippen molar-refractivity contribution in [2.24, 2.45) is 0 Å². The summed E-state index contributed by atoms with van der Waals surface area (Å²) in [6, 6.07) is 0.245. The lowest BCUT2D eigenvalue weighted by Crippen LogP contribution is -2.30. The molecule has 0 radical (unpaired) electrons. The highest BCUT2D eigenvalue weighted by Crippen LogP contribution is 2.40. The molecule has 1 aromatic rings. The summed E-state index contributed by atoms with van der Waals surface area (Å²) in [5.41, 5.74) is 5.60. The van der Waals surface area contributed by atoms with E-state index in [-0.39, 0.29) is 12.0 Å². The van der Waals surface area contributed by atoms with Crippen LogP contribution in [0.2, 0.25) is 0 Å². The molecule has 0 amide bonds. The van der Waals surface area contributed by atoms with Gasteiger partial charge in [-0.25, -0.2) is 0 Å². The van der Waals surface area contributed by atoms with Crippen molar-refractivity contribution in [2.75, 3.05) is 31.0 Å². The monoisotopic (exact) mass is 269 g/mol. The van der Waals surface area contributed by atoms with Crippen molar-refractivity contribution >= 4 is 23.7 Å². The molecule has 1 fully saturated rings. The van der Waals surface area contributed by atoms with E-state index >= 15 is 0 Å². The van der Waals surface area contributed by atoms with Crippen molar-refractivity contribution in [3.63, 3.8) is 0 Å². The van der Waals surface area contributed by atoms with Crippen LogP contribution in [-0.4, -0.2) is 39.6 Å². The van der Waals surface area contributed by atoms with E-state index in [1.165, 1.54) is 32.8 Å². The lowest BCUT2D eigenvalue weighted by atomic mass is 10.1. The number of methoxy groups -OCH3 is 1. The van der Waals surface area contributed by atoms with Gasteiger partial charge in [-0.1, -0.05) is 12.8 Å². The SMILES string of the molecule is COc1nc(N)nc(NCC2(SC)CCCC2)n1. The van der Waals surface area contributed by atoms with Gasteiger partial charge in [0.2, 0.25) is 11.9 Å². The summed E-state index contributed by atoms with van der Waals surface area (Å²) in [7, 11) is 1.51. The maximum Gasteiger partial charge on any atom is 0.322 e. The van der Waals surface area contributed by atoms with Gasteiger partial charge in [0.05, 0.1) is 7.11 Å². The van der Waals surface area contributed by atoms with Gasteiger partial charge in [0, 0.05) is 11.3 Å². The highest BCUT2D eigenvalue weighted by Gasteiger charge is 2.32. The standard InChI is InChI=1S/C11H19N5OS/c1-17-10-15-8(12)14-9(16-10)13-7-11(18-2)5-3-4-6-11/h3-7H2,1-2H3,(H3,12,13,14,15,16). The van der Waals surface area contributed by atoms with Gasteiger partial charge in [0.1, 0.15) is 0 Å². The molecule has 6 nitrogen and oxygen atoms in total. The zero-order chi connectivity index (χ0) is 13.0. The first-order valence-corrected chi connectivity index (χ1v) is 7.24. The number of rotatable bonds is 5. The van der Waals surface area contributed by atoms with Crippen molar-refractivity contribution in [1.29, 1.82) is 0 Å². The van der Waals surface area contributed by atoms with Crippen LogP contribution in [0.4, 0.5) is 11.9 Å². The topological polar surface area (TPSA) is 86.0 Å². The molecule has 0 saturated heterocycles. The molecule has 3 N–H and O–H groups in total. The number of ether oxygens (including phenoxy) is 1. The van der Waals surface area contributed by atoms with Crippen LogP contribution < -0.4 is 15.8 Å². The molecule has 1 aliphatic carbocycles. The van der Waals surface area contributed by atoms with E-state index in [9.17, 15) is 0 Å². The number of hydrogen-bond donors (Lipinski definition) is 2. The van der Waals surface area contributed by atoms with Crippen LogP contribution in [0.15, 0.2) is 0 Å². The average molecular weight is 269 g/mol. The van der Waals surface area contributed by atoms with Crippen molar-refractivity contribution in [1.82, 2.24) is 15.0 Å². The number of nitrogens with one attached hydrogen (secondary N) is 1. The van der Waals surface area contributed by atoms with Crippen LogP contribution in [-0.2, 0) is 0 Å². The van der Waals surface area contributed by atoms with Gasteiger partial charge in [-0.2, -0.15) is 26.7 Å². The maximum atomic E-state index is 5.60. The third-order valence-corrected chi connectivity index (χ3v) is 4.75. The summed E-state index contributed by atoms with van der Waals surface area (Å²) in [6.07, 6.45) is 7.23. The largest absolute Gasteiger partial charge is 0.467 e. The van der Waals surface area contributed by atoms with Crippen LogP contribution in [0, 0.1) is 0 Å². The second-order valence-corrected chi connectivity index (χ2v) is 5.73. The minimum atomic E-state index is 0.175. The Morgan fingerprint density at radius 3 is 2.67 bits per heavy atom. The minimum Gasteiger partial charge on any atom is -0.467 e. The molecule has 0 aromatic carbocycles. The summed E-state index contributed by atoms with van der Waals surface area (Å²) in [6.45, 7) is 0.848. The van der Waals surface area contributed by atoms with Crippen LogP contribution in [0.1, 0.15) is 25.7 Å². The van der Waals surface area contributed by atoms with Gasteiger partial charge in [0.25, 0.3) is 0 Å². The summed E-state index contributed by atoms with van der Waals surface area (Å²) < 4.78 is 5.27. The second-order valence-electron chi connectivity index (χ2n) is 4.45. The van der Waals surface area contributed by atoms with E-state index in [2.05, 4.69) is 26.5 Å². The fraction of sp³-hybridized carbons (Fsp3) is 0.727. The van der Waals surface area contributed by atoms with Crippen molar-refractivity contribution in [3.05, 3.63) is 0 Å². The predicted octanol–water partition coefficient (Wildman–Crippen LogP) is 1.55. The summed E-state index contributed by atoms with van der Waals surface area (Å²) in [4.78, 5) is 12.1. The highest BCUT2D eigenvalue weighted by atomic mass is 32.2. The molecule has 1 saturated carbocycles. The number of hydrogen-bond acceptors (Lipinski definition) is 7. The summed E-state index contributed by atoms with van der Waals surface area (Å²) in [5, 5.41) is 3.25. The van der Waals surface area contributed by atoms with Gasteiger partial charge in [0.15, 0.2) is 0 Å². The lowest BCUT2D eigenvalue weighted by molar-refractivity contribution is 0.379. The Balaban J connectivity index is 2.03. The molecule has 1 aromatic heterocycles. The van der Waals surface area contributed by atoms with E-state index in [0.29, 0.717) is 10.7 Å². The normalized spacial score (nSPS) is 17.7. The van der Waals surface area contributed by atoms with Crippen molar-refractivity contribution in [3.8, 4) is 6.01 Å². The Kier molecular flexibility index (Phi) is 4.11. The zero-order valence-corrected chi connectivity index (χ0v) is 11.6. The minimum absolute atomic E-state index is 0.175. The third kappa shape index (κ3) is 2.95. The number of nitrogen functional groups attached to an aromatic ring is 1. The van der Waals surface area contributed by atoms with E-state index in [1.54, 1.807) is 0 Å². The predicted molar refractivity (Wildman–Crippen MR) is 74.0 cm³/mol. The molecule has 0 atom stereocenters. The van der Waals surface area contributed by atoms with Gasteiger partial charge < -0.3 is 15.8 Å². The van der Waals surface area contributed by atoms with Crippen LogP contribution in [0.3, 0.4) is 0 Å². The molecule has 100 valence electrons. The Morgan fingerprint density at radius 1 is 1.33 bits per heavy atom. The number of aromatic nitrogens is 3. The molecule has 0 spiro atoms. The fourth-order valence-corrected chi connectivity index (χ4v) is 3.17. The van der Waals surface area contributed by atoms with E-state index in [1.807, 2.05) is 11.8 Å². The number of anilines is 2. The number of nitrogens with zero attached hydrogens (tertiary/aromatic N) is 3. The molecule has 7 heteroatoms. The zero-order valence-electron chi connectivity index (χ0n) is 10.8. The molecule has 2 rings (SSSR count). The van der Waals surface area contributed by atoms with Gasteiger partial charge in [-0.05, 0) is 19.1 Å². The Bertz CT molecular complexity index is 408. The average Bonchev–Trinajstić information content (AvgIpc) is 2.85. The molecule has 0 aliphatic heterocycles. The van der Waals surface area contributed by atoms with Gasteiger partial charge in [-0.3, -0.25) is 0 Å². The number of thioether (sulfide) groups is 1. The molecular formula is C11H19N5OS. The van der Waals surface area contributed by atoms with Crippen molar-refractivity contribution < 1.29 is 4.74 Å². The fourth-order valence-electron chi connectivity index (χ4n) is 2.25. The first kappa shape index (κ1) is 13.2. The Labute approximate surface area is 111 Å². The molecule has 1 heterocycles. The second kappa shape index (κ2) is 5.60. The summed E-state index contributed by atoms with van der Waals surface area (Å²) >= 11 is 1.92. The molecule has 0 unspecified atom stereocenters. The van der Waals surface area contributed by atoms with Crippen LogP contribution in [0.5, 0.6) is 6.01 Å². The Hall–Kier alpha value is -1.24. The molecule has 1 aliphatic rings. The first-order valence-electron chi connectivity index (χ1n) is 6.02. The number of nitrogens with two attached hydrogens (primary N) is 1. The lowest BCUT2D eigenvalue weighted by Gasteiger charge is -2.26. The quantitative estimate of drug-likeness (QED) is 0.838. The third-order valence-electron chi connectivity index (χ3n) is 3.33. The van der Waals surface area contributed by atoms with Gasteiger partial charge >= 0.3 is 6.01 Å². The van der Waals surface area contributed by atoms with Crippen LogP contribution >= 0.6 is 11.8 Å². The van der Waals surface area contributed by atoms with E-state index in [0.717, 1.165) is 6.54 Å². The maximum absolute atomic E-state index is 5.60. The molecule has 18 heavy (non-hydrogen) atoms. The first-order chi connectivity index (χ1) is 8.67. The van der Waals surface area contributed by atoms with Gasteiger partial charge in [-0.15, -0.1) is 0 Å². The highest BCUT2D eigenvalue weighted by molar-refractivity contribution is 8.00. The molecule has 0 bridgehead atoms. The van der Waals surface area contributed by atoms with Crippen LogP contribution in [0.25, 0.3) is 0 Å². The molecular weight excluding hydrogens is 250 g/mol. The Morgan fingerprint density at radius 2 is 2.06 bits per heavy atom. The van der Waals surface area contributed by atoms with E-state index in [4.69, 9.17) is 10.5 Å². The smallest absolute Gasteiger partial charge is 0.322 e. The van der Waals surface area contributed by atoms with Crippen molar-refractivity contribution in [2.45, 2.75) is 30.4 Å².